The molecule has 0 spiro atoms. The predicted octanol–water partition coefficient (Wildman–Crippen LogP) is -0.309. The summed E-state index contributed by atoms with van der Waals surface area (Å²) in [6.07, 6.45) is 0.575. The molecule has 2 heterocycles. The van der Waals surface area contributed by atoms with Crippen LogP contribution in [0.3, 0.4) is 0 Å². The summed E-state index contributed by atoms with van der Waals surface area (Å²) >= 11 is 0. The first kappa shape index (κ1) is 16.3. The monoisotopic (exact) mass is 367 g/mol. The lowest BCUT2D eigenvalue weighted by Gasteiger charge is -2.47. The van der Waals surface area contributed by atoms with Crippen molar-refractivity contribution in [3.63, 3.8) is 0 Å². The number of carbonyl (C=O) groups excluding carboxylic acids is 1. The van der Waals surface area contributed by atoms with Gasteiger partial charge in [-0.2, -0.15) is 0 Å². The Morgan fingerprint density at radius 2 is 2.12 bits per heavy atom. The molecule has 10 heteroatoms. The normalized spacial score (nSPS) is 28.5. The fraction of sp³-hybridized carbons (Fsp3) is 0.467. The number of fused-ring (bicyclic) bond motifs is 2. The van der Waals surface area contributed by atoms with E-state index in [4.69, 9.17) is 9.15 Å². The van der Waals surface area contributed by atoms with Gasteiger partial charge in [0.2, 0.25) is 15.9 Å². The second-order valence-electron chi connectivity index (χ2n) is 6.33. The van der Waals surface area contributed by atoms with Crippen molar-refractivity contribution < 1.29 is 22.4 Å². The van der Waals surface area contributed by atoms with E-state index >= 15 is 0 Å². The lowest BCUT2D eigenvalue weighted by atomic mass is 9.72. The molecule has 0 bridgehead atoms. The summed E-state index contributed by atoms with van der Waals surface area (Å²) in [6, 6.07) is 3.32. The second kappa shape index (κ2) is 5.68. The van der Waals surface area contributed by atoms with Crippen molar-refractivity contribution in [3.05, 3.63) is 28.7 Å². The molecule has 1 aromatic heterocycles. The number of nitrogens with one attached hydrogen (secondary N) is 3. The van der Waals surface area contributed by atoms with Crippen LogP contribution in [0.25, 0.3) is 11.1 Å². The first-order chi connectivity index (χ1) is 11.8. The van der Waals surface area contributed by atoms with E-state index < -0.39 is 27.9 Å². The highest BCUT2D eigenvalue weighted by Gasteiger charge is 2.55. The zero-order chi connectivity index (χ0) is 17.8. The second-order valence-corrected chi connectivity index (χ2v) is 8.05. The number of ether oxygens (including phenoxy) is 1. The van der Waals surface area contributed by atoms with Crippen molar-refractivity contribution in [2.75, 3.05) is 6.61 Å². The Bertz CT molecular complexity index is 994. The van der Waals surface area contributed by atoms with Crippen molar-refractivity contribution in [1.82, 2.24) is 15.0 Å². The van der Waals surface area contributed by atoms with Gasteiger partial charge >= 0.3 is 5.76 Å². The average Bonchev–Trinajstić information content (AvgIpc) is 3.12. The third-order valence-corrected chi connectivity index (χ3v) is 6.20. The fourth-order valence-electron chi connectivity index (χ4n) is 3.62. The summed E-state index contributed by atoms with van der Waals surface area (Å²) in [6.45, 7) is 1.93. The van der Waals surface area contributed by atoms with Gasteiger partial charge < -0.3 is 14.5 Å². The van der Waals surface area contributed by atoms with Crippen molar-refractivity contribution in [2.45, 2.75) is 36.4 Å². The number of hydrogen-bond acceptors (Lipinski definition) is 6. The molecule has 134 valence electrons. The average molecular weight is 367 g/mol. The van der Waals surface area contributed by atoms with E-state index in [0.29, 0.717) is 12.1 Å². The molecule has 0 unspecified atom stereocenters. The van der Waals surface area contributed by atoms with E-state index in [-0.39, 0.29) is 28.4 Å². The maximum Gasteiger partial charge on any atom is 0.417 e. The van der Waals surface area contributed by atoms with Gasteiger partial charge in [-0.1, -0.05) is 0 Å². The van der Waals surface area contributed by atoms with Crippen LogP contribution in [-0.2, 0) is 19.6 Å². The molecule has 1 aromatic carbocycles. The molecule has 4 atom stereocenters. The number of H-pyrrole nitrogens is 1. The van der Waals surface area contributed by atoms with Crippen LogP contribution in [0.2, 0.25) is 0 Å². The lowest BCUT2D eigenvalue weighted by Crippen LogP contribution is -2.70. The van der Waals surface area contributed by atoms with Crippen molar-refractivity contribution in [1.29, 1.82) is 0 Å². The van der Waals surface area contributed by atoms with Gasteiger partial charge in [0.05, 0.1) is 28.6 Å². The molecule has 1 saturated heterocycles. The number of aromatic amines is 1. The maximum absolute atomic E-state index is 12.7. The highest BCUT2D eigenvalue weighted by molar-refractivity contribution is 7.89. The first-order valence-electron chi connectivity index (χ1n) is 7.89. The minimum atomic E-state index is -3.83. The fourth-order valence-corrected chi connectivity index (χ4v) is 4.96. The number of amides is 1. The summed E-state index contributed by atoms with van der Waals surface area (Å²) in [4.78, 5) is 25.0. The molecule has 2 fully saturated rings. The van der Waals surface area contributed by atoms with Crippen molar-refractivity contribution >= 4 is 27.0 Å². The summed E-state index contributed by atoms with van der Waals surface area (Å²) in [5, 5.41) is 2.75. The van der Waals surface area contributed by atoms with E-state index in [9.17, 15) is 18.0 Å². The number of hydrogen-bond donors (Lipinski definition) is 3. The molecule has 25 heavy (non-hydrogen) atoms. The van der Waals surface area contributed by atoms with E-state index in [1.54, 1.807) is 0 Å². The molecule has 2 aromatic rings. The number of oxazole rings is 1. The van der Waals surface area contributed by atoms with Gasteiger partial charge in [0.15, 0.2) is 5.58 Å². The van der Waals surface area contributed by atoms with Crippen LogP contribution in [0.15, 0.2) is 32.3 Å². The Morgan fingerprint density at radius 1 is 1.32 bits per heavy atom. The zero-order valence-corrected chi connectivity index (χ0v) is 14.1. The first-order valence-corrected chi connectivity index (χ1v) is 9.37. The molecular weight excluding hydrogens is 350 g/mol. The summed E-state index contributed by atoms with van der Waals surface area (Å²) in [5.74, 6) is -0.849. The standard InChI is InChI=1S/C15H17N3O6S/c1-7(19)16-13-12(9-4-5-23-14(9)13)18-25(21,22)8-2-3-11-10(6-8)17-15(20)24-11/h2-3,6,9,12-14,18H,4-5H2,1H3,(H,16,19)(H,17,20)/t9-,12+,13-,14-/m0/s1. The Kier molecular flexibility index (Phi) is 3.71. The van der Waals surface area contributed by atoms with Gasteiger partial charge in [-0.15, -0.1) is 0 Å². The molecule has 1 amide bonds. The Morgan fingerprint density at radius 3 is 2.88 bits per heavy atom. The van der Waals surface area contributed by atoms with Crippen molar-refractivity contribution in [3.8, 4) is 0 Å². The van der Waals surface area contributed by atoms with Gasteiger partial charge in [-0.25, -0.2) is 17.9 Å². The number of aromatic nitrogens is 1. The number of rotatable bonds is 4. The molecule has 9 nitrogen and oxygen atoms in total. The Hall–Kier alpha value is -2.17. The maximum atomic E-state index is 12.7. The van der Waals surface area contributed by atoms with E-state index in [1.165, 1.54) is 25.1 Å². The zero-order valence-electron chi connectivity index (χ0n) is 13.3. The highest BCUT2D eigenvalue weighted by Crippen LogP contribution is 2.39. The highest BCUT2D eigenvalue weighted by atomic mass is 32.2. The van der Waals surface area contributed by atoms with Crippen LogP contribution in [-0.4, -0.2) is 44.1 Å². The van der Waals surface area contributed by atoms with Crippen LogP contribution in [0.4, 0.5) is 0 Å². The van der Waals surface area contributed by atoms with Gasteiger partial charge in [0.25, 0.3) is 0 Å². The van der Waals surface area contributed by atoms with Crippen molar-refractivity contribution in [2.24, 2.45) is 5.92 Å². The third kappa shape index (κ3) is 2.75. The molecule has 0 radical (unpaired) electrons. The molecule has 2 aliphatic rings. The largest absolute Gasteiger partial charge is 0.417 e. The predicted molar refractivity (Wildman–Crippen MR) is 86.4 cm³/mol. The minimum absolute atomic E-state index is 0.0148. The SMILES string of the molecule is CC(=O)N[C@H]1[C@H](NS(=O)(=O)c2ccc3oc(=O)[nH]c3c2)[C@@H]2CCO[C@@H]21. The van der Waals surface area contributed by atoms with Crippen LogP contribution in [0.5, 0.6) is 0 Å². The van der Waals surface area contributed by atoms with Crippen LogP contribution in [0.1, 0.15) is 13.3 Å². The molecule has 1 aliphatic carbocycles. The van der Waals surface area contributed by atoms with E-state index in [0.717, 1.165) is 6.42 Å². The van der Waals surface area contributed by atoms with E-state index in [2.05, 4.69) is 15.0 Å². The lowest BCUT2D eigenvalue weighted by molar-refractivity contribution is -0.123. The summed E-state index contributed by atoms with van der Waals surface area (Å²) < 4.78 is 38.6. The Labute approximate surface area is 142 Å². The van der Waals surface area contributed by atoms with E-state index in [1.807, 2.05) is 0 Å². The quantitative estimate of drug-likeness (QED) is 0.680. The minimum Gasteiger partial charge on any atom is -0.408 e. The topological polar surface area (TPSA) is 130 Å². The van der Waals surface area contributed by atoms with Gasteiger partial charge in [-0.3, -0.25) is 9.78 Å². The number of sulfonamides is 1. The molecule has 1 aliphatic heterocycles. The summed E-state index contributed by atoms with van der Waals surface area (Å²) in [7, 11) is -3.83. The molecule has 4 rings (SSSR count). The number of carbonyl (C=O) groups is 1. The van der Waals surface area contributed by atoms with Crippen LogP contribution in [0, 0.1) is 5.92 Å². The van der Waals surface area contributed by atoms with Crippen LogP contribution < -0.4 is 15.8 Å². The molecule has 1 saturated carbocycles. The Balaban J connectivity index is 1.60. The van der Waals surface area contributed by atoms with Gasteiger partial charge in [0, 0.05) is 19.4 Å². The van der Waals surface area contributed by atoms with Gasteiger partial charge in [0.1, 0.15) is 0 Å². The van der Waals surface area contributed by atoms with Gasteiger partial charge in [-0.05, 0) is 24.6 Å². The molecule has 3 N–H and O–H groups in total. The molecular formula is C15H17N3O6S. The van der Waals surface area contributed by atoms with Crippen LogP contribution >= 0.6 is 0 Å². The summed E-state index contributed by atoms with van der Waals surface area (Å²) in [5.41, 5.74) is 0.593. The smallest absolute Gasteiger partial charge is 0.408 e. The third-order valence-electron chi connectivity index (χ3n) is 4.75. The number of benzene rings is 1.